The summed E-state index contributed by atoms with van der Waals surface area (Å²) < 4.78 is 6.39. The highest BCUT2D eigenvalue weighted by Gasteiger charge is 2.16. The highest BCUT2D eigenvalue weighted by Crippen LogP contribution is 2.32. The first-order chi connectivity index (χ1) is 11.9. The molecular formula is C15H11Cl2N3O3S2. The molecular weight excluding hydrogens is 405 g/mol. The minimum atomic E-state index is -0.375. The molecule has 10 heteroatoms. The van der Waals surface area contributed by atoms with Gasteiger partial charge in [-0.15, -0.1) is 22.7 Å². The Hall–Kier alpha value is -1.87. The molecule has 0 aromatic carbocycles. The van der Waals surface area contributed by atoms with Crippen LogP contribution in [0.15, 0.2) is 28.0 Å². The molecule has 0 saturated heterocycles. The van der Waals surface area contributed by atoms with E-state index in [1.54, 1.807) is 17.5 Å². The first-order valence-electron chi connectivity index (χ1n) is 6.97. The minimum Gasteiger partial charge on any atom is -0.458 e. The van der Waals surface area contributed by atoms with Crippen molar-refractivity contribution in [1.29, 1.82) is 0 Å². The Bertz CT molecular complexity index is 932. The van der Waals surface area contributed by atoms with Gasteiger partial charge in [0.2, 0.25) is 5.91 Å². The van der Waals surface area contributed by atoms with Crippen molar-refractivity contribution in [3.05, 3.63) is 43.6 Å². The monoisotopic (exact) mass is 415 g/mol. The van der Waals surface area contributed by atoms with Gasteiger partial charge >= 0.3 is 0 Å². The number of carbonyl (C=O) groups excluding carboxylic acids is 2. The lowest BCUT2D eigenvalue weighted by Crippen LogP contribution is -2.18. The molecule has 0 atom stereocenters. The lowest BCUT2D eigenvalue weighted by Gasteiger charge is -1.99. The molecule has 0 aliphatic heterocycles. The Morgan fingerprint density at radius 1 is 1.32 bits per heavy atom. The predicted molar refractivity (Wildman–Crippen MR) is 99.6 cm³/mol. The van der Waals surface area contributed by atoms with E-state index in [-0.39, 0.29) is 11.8 Å². The SMILES string of the molecule is CC(=O)NCc1ccc(-c2csc(NC(=O)c3cc(Cl)sc3Cl)n2)o1. The number of furan rings is 1. The Kier molecular flexibility index (Phi) is 5.43. The van der Waals surface area contributed by atoms with Crippen LogP contribution >= 0.6 is 45.9 Å². The van der Waals surface area contributed by atoms with Gasteiger partial charge in [0.15, 0.2) is 10.9 Å². The molecule has 0 fully saturated rings. The summed E-state index contributed by atoms with van der Waals surface area (Å²) in [4.78, 5) is 27.4. The van der Waals surface area contributed by atoms with Crippen molar-refractivity contribution in [2.45, 2.75) is 13.5 Å². The highest BCUT2D eigenvalue weighted by molar-refractivity contribution is 7.20. The molecule has 0 bridgehead atoms. The van der Waals surface area contributed by atoms with Gasteiger partial charge in [0, 0.05) is 12.3 Å². The fourth-order valence-corrected chi connectivity index (χ4v) is 4.08. The van der Waals surface area contributed by atoms with E-state index in [0.717, 1.165) is 11.3 Å². The molecule has 3 heterocycles. The molecule has 2 amide bonds. The van der Waals surface area contributed by atoms with E-state index in [1.165, 1.54) is 24.3 Å². The third-order valence-electron chi connectivity index (χ3n) is 3.05. The zero-order valence-corrected chi connectivity index (χ0v) is 15.9. The van der Waals surface area contributed by atoms with Crippen molar-refractivity contribution < 1.29 is 14.0 Å². The maximum Gasteiger partial charge on any atom is 0.259 e. The number of aromatic nitrogens is 1. The topological polar surface area (TPSA) is 84.2 Å². The molecule has 130 valence electrons. The molecule has 0 unspecified atom stereocenters. The number of thiophene rings is 1. The van der Waals surface area contributed by atoms with Gasteiger partial charge in [-0.05, 0) is 18.2 Å². The second-order valence-electron chi connectivity index (χ2n) is 4.91. The quantitative estimate of drug-likeness (QED) is 0.634. The van der Waals surface area contributed by atoms with Crippen molar-refractivity contribution in [3.63, 3.8) is 0 Å². The van der Waals surface area contributed by atoms with E-state index in [2.05, 4.69) is 15.6 Å². The van der Waals surface area contributed by atoms with Crippen molar-refractivity contribution in [2.75, 3.05) is 5.32 Å². The molecule has 2 N–H and O–H groups in total. The Morgan fingerprint density at radius 2 is 2.12 bits per heavy atom. The molecule has 3 aromatic rings. The lowest BCUT2D eigenvalue weighted by molar-refractivity contribution is -0.119. The van der Waals surface area contributed by atoms with Gasteiger partial charge in [0.25, 0.3) is 5.91 Å². The summed E-state index contributed by atoms with van der Waals surface area (Å²) in [6.45, 7) is 1.74. The number of rotatable bonds is 5. The van der Waals surface area contributed by atoms with Crippen LogP contribution in [0.4, 0.5) is 5.13 Å². The van der Waals surface area contributed by atoms with Gasteiger partial charge in [-0.1, -0.05) is 23.2 Å². The van der Waals surface area contributed by atoms with Crippen molar-refractivity contribution in [3.8, 4) is 11.5 Å². The predicted octanol–water partition coefficient (Wildman–Crippen LogP) is 4.66. The number of anilines is 1. The van der Waals surface area contributed by atoms with Crippen LogP contribution in [-0.4, -0.2) is 16.8 Å². The summed E-state index contributed by atoms with van der Waals surface area (Å²) in [5.74, 6) is 0.654. The van der Waals surface area contributed by atoms with Gasteiger partial charge in [-0.2, -0.15) is 0 Å². The van der Waals surface area contributed by atoms with Crippen molar-refractivity contribution in [1.82, 2.24) is 10.3 Å². The second-order valence-corrected chi connectivity index (χ2v) is 8.05. The zero-order chi connectivity index (χ0) is 18.0. The summed E-state index contributed by atoms with van der Waals surface area (Å²) >= 11 is 14.2. The van der Waals surface area contributed by atoms with Crippen LogP contribution < -0.4 is 10.6 Å². The molecule has 0 aliphatic carbocycles. The number of halogens is 2. The summed E-state index contributed by atoms with van der Waals surface area (Å²) in [7, 11) is 0. The smallest absolute Gasteiger partial charge is 0.259 e. The molecule has 0 radical (unpaired) electrons. The van der Waals surface area contributed by atoms with Crippen LogP contribution in [-0.2, 0) is 11.3 Å². The summed E-state index contributed by atoms with van der Waals surface area (Å²) in [5.41, 5.74) is 0.896. The van der Waals surface area contributed by atoms with Crippen molar-refractivity contribution >= 4 is 62.8 Å². The second kappa shape index (κ2) is 7.57. The molecule has 6 nitrogen and oxygen atoms in total. The average molecular weight is 416 g/mol. The van der Waals surface area contributed by atoms with E-state index in [1.807, 2.05) is 0 Å². The van der Waals surface area contributed by atoms with E-state index >= 15 is 0 Å². The molecule has 3 rings (SSSR count). The van der Waals surface area contributed by atoms with Crippen LogP contribution in [0.3, 0.4) is 0 Å². The van der Waals surface area contributed by atoms with Crippen molar-refractivity contribution in [2.24, 2.45) is 0 Å². The number of carbonyl (C=O) groups is 2. The Labute approximate surface area is 160 Å². The fraction of sp³-hybridized carbons (Fsp3) is 0.133. The van der Waals surface area contributed by atoms with Gasteiger partial charge < -0.3 is 9.73 Å². The van der Waals surface area contributed by atoms with E-state index < -0.39 is 0 Å². The number of nitrogens with zero attached hydrogens (tertiary/aromatic N) is 1. The normalized spacial score (nSPS) is 10.7. The first kappa shape index (κ1) is 17.9. The third-order valence-corrected chi connectivity index (χ3v) is 5.30. The number of hydrogen-bond donors (Lipinski definition) is 2. The van der Waals surface area contributed by atoms with Gasteiger partial charge in [-0.25, -0.2) is 4.98 Å². The van der Waals surface area contributed by atoms with E-state index in [0.29, 0.717) is 43.1 Å². The van der Waals surface area contributed by atoms with Crippen LogP contribution in [0.2, 0.25) is 8.67 Å². The van der Waals surface area contributed by atoms with Crippen LogP contribution in [0.1, 0.15) is 23.0 Å². The summed E-state index contributed by atoms with van der Waals surface area (Å²) in [5, 5.41) is 7.51. The number of nitrogens with one attached hydrogen (secondary N) is 2. The molecule has 25 heavy (non-hydrogen) atoms. The van der Waals surface area contributed by atoms with Gasteiger partial charge in [-0.3, -0.25) is 14.9 Å². The number of hydrogen-bond acceptors (Lipinski definition) is 6. The highest BCUT2D eigenvalue weighted by atomic mass is 35.5. The molecule has 0 aliphatic rings. The zero-order valence-electron chi connectivity index (χ0n) is 12.8. The largest absolute Gasteiger partial charge is 0.458 e. The Morgan fingerprint density at radius 3 is 2.80 bits per heavy atom. The molecule has 3 aromatic heterocycles. The number of amides is 2. The third kappa shape index (κ3) is 4.40. The molecule has 0 spiro atoms. The van der Waals surface area contributed by atoms with E-state index in [9.17, 15) is 9.59 Å². The fourth-order valence-electron chi connectivity index (χ4n) is 1.93. The van der Waals surface area contributed by atoms with Crippen LogP contribution in [0.5, 0.6) is 0 Å². The maximum absolute atomic E-state index is 12.2. The molecule has 0 saturated carbocycles. The summed E-state index contributed by atoms with van der Waals surface area (Å²) in [6.07, 6.45) is 0. The average Bonchev–Trinajstić information content (AvgIpc) is 3.25. The van der Waals surface area contributed by atoms with Gasteiger partial charge in [0.1, 0.15) is 15.8 Å². The maximum atomic E-state index is 12.2. The van der Waals surface area contributed by atoms with Crippen LogP contribution in [0, 0.1) is 0 Å². The lowest BCUT2D eigenvalue weighted by atomic mass is 10.3. The van der Waals surface area contributed by atoms with Gasteiger partial charge in [0.05, 0.1) is 16.4 Å². The number of thiazole rings is 1. The first-order valence-corrected chi connectivity index (χ1v) is 9.43. The summed E-state index contributed by atoms with van der Waals surface area (Å²) in [6, 6.07) is 5.03. The van der Waals surface area contributed by atoms with E-state index in [4.69, 9.17) is 27.6 Å². The standard InChI is InChI=1S/C15H11Cl2N3O3S2/c1-7(21)18-5-8-2-3-11(23-8)10-6-24-15(19-10)20-14(22)9-4-12(16)25-13(9)17/h2-4,6H,5H2,1H3,(H,18,21)(H,19,20,22). The Balaban J connectivity index is 1.69. The minimum absolute atomic E-state index is 0.135. The van der Waals surface area contributed by atoms with Crippen LogP contribution in [0.25, 0.3) is 11.5 Å².